The van der Waals surface area contributed by atoms with Crippen LogP contribution in [0.2, 0.25) is 0 Å². The van der Waals surface area contributed by atoms with Crippen LogP contribution in [0.25, 0.3) is 0 Å². The van der Waals surface area contributed by atoms with Crippen molar-refractivity contribution in [2.45, 2.75) is 19.9 Å². The molecule has 0 saturated carbocycles. The number of aliphatic hydroxyl groups is 1. The summed E-state index contributed by atoms with van der Waals surface area (Å²) in [4.78, 5) is 2.38. The lowest BCUT2D eigenvalue weighted by molar-refractivity contribution is 0.0905. The van der Waals surface area contributed by atoms with E-state index in [9.17, 15) is 0 Å². The summed E-state index contributed by atoms with van der Waals surface area (Å²) in [5.41, 5.74) is 0. The van der Waals surface area contributed by atoms with E-state index >= 15 is 0 Å². The fourth-order valence-electron chi connectivity index (χ4n) is 1.69. The highest BCUT2D eigenvalue weighted by atomic mass is 16.3. The molecule has 1 aliphatic rings. The number of rotatable bonds is 3. The highest BCUT2D eigenvalue weighted by Crippen LogP contribution is 2.06. The molecule has 0 aliphatic carbocycles. The monoisotopic (exact) mass is 172 g/mol. The second kappa shape index (κ2) is 4.80. The first kappa shape index (κ1) is 9.96. The van der Waals surface area contributed by atoms with Crippen molar-refractivity contribution in [3.63, 3.8) is 0 Å². The molecular formula is C9H20N2O. The molecule has 0 aromatic carbocycles. The number of nitrogens with one attached hydrogen (secondary N) is 1. The van der Waals surface area contributed by atoms with Gasteiger partial charge < -0.3 is 10.4 Å². The van der Waals surface area contributed by atoms with Crippen molar-refractivity contribution in [2.75, 3.05) is 32.8 Å². The van der Waals surface area contributed by atoms with Gasteiger partial charge in [-0.2, -0.15) is 0 Å². The second-order valence-electron chi connectivity index (χ2n) is 3.93. The Kier molecular flexibility index (Phi) is 3.98. The van der Waals surface area contributed by atoms with Crippen molar-refractivity contribution in [2.24, 2.45) is 5.92 Å². The van der Waals surface area contributed by atoms with Crippen LogP contribution in [0.3, 0.4) is 0 Å². The molecule has 1 heterocycles. The number of hydrogen-bond donors (Lipinski definition) is 2. The maximum atomic E-state index is 9.09. The molecule has 3 heteroatoms. The third-order valence-electron chi connectivity index (χ3n) is 2.28. The second-order valence-corrected chi connectivity index (χ2v) is 3.93. The van der Waals surface area contributed by atoms with Crippen LogP contribution in [0.5, 0.6) is 0 Å². The van der Waals surface area contributed by atoms with Crippen LogP contribution in [-0.2, 0) is 0 Å². The van der Waals surface area contributed by atoms with E-state index in [0.29, 0.717) is 12.0 Å². The highest BCUT2D eigenvalue weighted by Gasteiger charge is 2.21. The molecule has 1 unspecified atom stereocenters. The molecule has 2 N–H and O–H groups in total. The highest BCUT2D eigenvalue weighted by molar-refractivity contribution is 4.79. The lowest BCUT2D eigenvalue weighted by Gasteiger charge is -2.36. The molecule has 0 bridgehead atoms. The summed E-state index contributed by atoms with van der Waals surface area (Å²) in [5, 5.41) is 12.4. The Hall–Kier alpha value is -0.120. The Labute approximate surface area is 74.8 Å². The van der Waals surface area contributed by atoms with Crippen LogP contribution < -0.4 is 5.32 Å². The summed E-state index contributed by atoms with van der Waals surface area (Å²) >= 11 is 0. The molecule has 1 aliphatic heterocycles. The molecule has 0 amide bonds. The van der Waals surface area contributed by atoms with E-state index in [-0.39, 0.29) is 6.61 Å². The third-order valence-corrected chi connectivity index (χ3v) is 2.28. The minimum atomic E-state index is 0.278. The maximum Gasteiger partial charge on any atom is 0.0599 e. The Morgan fingerprint density at radius 2 is 2.33 bits per heavy atom. The Morgan fingerprint density at radius 1 is 1.58 bits per heavy atom. The van der Waals surface area contributed by atoms with Crippen molar-refractivity contribution in [3.05, 3.63) is 0 Å². The fourth-order valence-corrected chi connectivity index (χ4v) is 1.69. The standard InChI is InChI=1S/C9H20N2O/c1-8(2)6-11-4-3-10-5-9(11)7-12/h8-10,12H,3-7H2,1-2H3. The molecule has 0 spiro atoms. The van der Waals surface area contributed by atoms with Gasteiger partial charge in [0, 0.05) is 32.2 Å². The summed E-state index contributed by atoms with van der Waals surface area (Å²) in [6.07, 6.45) is 0. The summed E-state index contributed by atoms with van der Waals surface area (Å²) in [6.45, 7) is 8.88. The fraction of sp³-hybridized carbons (Fsp3) is 1.00. The van der Waals surface area contributed by atoms with Gasteiger partial charge in [-0.05, 0) is 5.92 Å². The zero-order valence-electron chi connectivity index (χ0n) is 8.08. The van der Waals surface area contributed by atoms with Crippen LogP contribution in [0, 0.1) is 5.92 Å². The zero-order chi connectivity index (χ0) is 8.97. The minimum absolute atomic E-state index is 0.278. The molecule has 0 aromatic rings. The predicted molar refractivity (Wildman–Crippen MR) is 50.2 cm³/mol. The number of piperazine rings is 1. The molecule has 0 aromatic heterocycles. The molecule has 1 saturated heterocycles. The van der Waals surface area contributed by atoms with Crippen molar-refractivity contribution < 1.29 is 5.11 Å². The van der Waals surface area contributed by atoms with Gasteiger partial charge in [-0.3, -0.25) is 4.90 Å². The van der Waals surface area contributed by atoms with Gasteiger partial charge in [0.25, 0.3) is 0 Å². The smallest absolute Gasteiger partial charge is 0.0599 e. The quantitative estimate of drug-likeness (QED) is 0.624. The van der Waals surface area contributed by atoms with Gasteiger partial charge in [0.15, 0.2) is 0 Å². The summed E-state index contributed by atoms with van der Waals surface area (Å²) in [5.74, 6) is 0.692. The lowest BCUT2D eigenvalue weighted by atomic mass is 10.1. The molecule has 3 nitrogen and oxygen atoms in total. The molecular weight excluding hydrogens is 152 g/mol. The van der Waals surface area contributed by atoms with E-state index in [1.807, 2.05) is 0 Å². The minimum Gasteiger partial charge on any atom is -0.395 e. The first-order chi connectivity index (χ1) is 5.74. The van der Waals surface area contributed by atoms with E-state index in [0.717, 1.165) is 26.2 Å². The number of hydrogen-bond acceptors (Lipinski definition) is 3. The van der Waals surface area contributed by atoms with Gasteiger partial charge in [-0.1, -0.05) is 13.8 Å². The normalized spacial score (nSPS) is 26.5. The summed E-state index contributed by atoms with van der Waals surface area (Å²) < 4.78 is 0. The van der Waals surface area contributed by atoms with Gasteiger partial charge in [-0.15, -0.1) is 0 Å². The summed E-state index contributed by atoms with van der Waals surface area (Å²) in [7, 11) is 0. The van der Waals surface area contributed by atoms with Gasteiger partial charge in [-0.25, -0.2) is 0 Å². The van der Waals surface area contributed by atoms with E-state index in [2.05, 4.69) is 24.1 Å². The largest absolute Gasteiger partial charge is 0.395 e. The van der Waals surface area contributed by atoms with Crippen molar-refractivity contribution >= 4 is 0 Å². The predicted octanol–water partition coefficient (Wildman–Crippen LogP) is -0.0915. The lowest BCUT2D eigenvalue weighted by Crippen LogP contribution is -2.53. The molecule has 1 fully saturated rings. The van der Waals surface area contributed by atoms with E-state index in [4.69, 9.17) is 5.11 Å². The van der Waals surface area contributed by atoms with E-state index in [1.54, 1.807) is 0 Å². The Balaban J connectivity index is 2.36. The molecule has 12 heavy (non-hydrogen) atoms. The summed E-state index contributed by atoms with van der Waals surface area (Å²) in [6, 6.07) is 0.334. The van der Waals surface area contributed by atoms with Crippen molar-refractivity contribution in [1.82, 2.24) is 10.2 Å². The van der Waals surface area contributed by atoms with Crippen molar-refractivity contribution in [3.8, 4) is 0 Å². The molecule has 1 atom stereocenters. The molecule has 1 rings (SSSR count). The first-order valence-electron chi connectivity index (χ1n) is 4.79. The maximum absolute atomic E-state index is 9.09. The van der Waals surface area contributed by atoms with Gasteiger partial charge in [0.2, 0.25) is 0 Å². The SMILES string of the molecule is CC(C)CN1CCNCC1CO. The van der Waals surface area contributed by atoms with Crippen LogP contribution in [0.1, 0.15) is 13.8 Å². The Morgan fingerprint density at radius 3 is 2.92 bits per heavy atom. The van der Waals surface area contributed by atoms with Crippen LogP contribution >= 0.6 is 0 Å². The molecule has 0 radical (unpaired) electrons. The first-order valence-corrected chi connectivity index (χ1v) is 4.79. The number of aliphatic hydroxyl groups excluding tert-OH is 1. The zero-order valence-corrected chi connectivity index (χ0v) is 8.08. The van der Waals surface area contributed by atoms with E-state index < -0.39 is 0 Å². The molecule has 72 valence electrons. The topological polar surface area (TPSA) is 35.5 Å². The average molecular weight is 172 g/mol. The van der Waals surface area contributed by atoms with Gasteiger partial charge >= 0.3 is 0 Å². The number of nitrogens with zero attached hydrogens (tertiary/aromatic N) is 1. The van der Waals surface area contributed by atoms with Crippen molar-refractivity contribution in [1.29, 1.82) is 0 Å². The third kappa shape index (κ3) is 2.73. The Bertz CT molecular complexity index is 128. The van der Waals surface area contributed by atoms with Crippen LogP contribution in [0.15, 0.2) is 0 Å². The van der Waals surface area contributed by atoms with E-state index in [1.165, 1.54) is 0 Å². The van der Waals surface area contributed by atoms with Gasteiger partial charge in [0.05, 0.1) is 6.61 Å². The van der Waals surface area contributed by atoms with Gasteiger partial charge in [0.1, 0.15) is 0 Å². The van der Waals surface area contributed by atoms with Crippen LogP contribution in [-0.4, -0.2) is 48.8 Å². The van der Waals surface area contributed by atoms with Crippen LogP contribution in [0.4, 0.5) is 0 Å². The average Bonchev–Trinajstić information content (AvgIpc) is 2.04.